The number of hydrogen-bond acceptors (Lipinski definition) is 4. The first-order valence-corrected chi connectivity index (χ1v) is 5.87. The highest BCUT2D eigenvalue weighted by atomic mass is 15.1. The Kier molecular flexibility index (Phi) is 3.51. The molecule has 2 heterocycles. The van der Waals surface area contributed by atoms with E-state index in [0.29, 0.717) is 6.04 Å². The summed E-state index contributed by atoms with van der Waals surface area (Å²) in [5.74, 6) is 0.867. The molecule has 1 aliphatic heterocycles. The SMILES string of the molecule is Cc1ncc(CN(C)C)c(C2CCCN2)n1. The maximum Gasteiger partial charge on any atom is 0.125 e. The van der Waals surface area contributed by atoms with Crippen LogP contribution in [0.5, 0.6) is 0 Å². The van der Waals surface area contributed by atoms with Crippen molar-refractivity contribution in [2.24, 2.45) is 0 Å². The number of nitrogens with one attached hydrogen (secondary N) is 1. The van der Waals surface area contributed by atoms with Gasteiger partial charge in [-0.15, -0.1) is 0 Å². The molecule has 1 aromatic rings. The zero-order chi connectivity index (χ0) is 11.5. The number of rotatable bonds is 3. The molecule has 0 radical (unpaired) electrons. The number of hydrogen-bond donors (Lipinski definition) is 1. The van der Waals surface area contributed by atoms with Crippen LogP contribution in [0.15, 0.2) is 6.20 Å². The maximum absolute atomic E-state index is 4.61. The van der Waals surface area contributed by atoms with Gasteiger partial charge in [0.25, 0.3) is 0 Å². The van der Waals surface area contributed by atoms with Crippen LogP contribution in [0.25, 0.3) is 0 Å². The molecule has 4 heteroatoms. The van der Waals surface area contributed by atoms with Gasteiger partial charge >= 0.3 is 0 Å². The van der Waals surface area contributed by atoms with Crippen molar-refractivity contribution in [3.8, 4) is 0 Å². The molecule has 1 unspecified atom stereocenters. The Balaban J connectivity index is 2.28. The second kappa shape index (κ2) is 4.89. The number of nitrogens with zero attached hydrogens (tertiary/aromatic N) is 3. The van der Waals surface area contributed by atoms with E-state index in [9.17, 15) is 0 Å². The molecule has 88 valence electrons. The Hall–Kier alpha value is -1.00. The van der Waals surface area contributed by atoms with E-state index in [1.807, 2.05) is 13.1 Å². The minimum absolute atomic E-state index is 0.427. The molecule has 1 aliphatic rings. The molecule has 1 saturated heterocycles. The molecule has 0 spiro atoms. The number of aryl methyl sites for hydroxylation is 1. The molecule has 0 aliphatic carbocycles. The van der Waals surface area contributed by atoms with Crippen LogP contribution in [0, 0.1) is 6.92 Å². The van der Waals surface area contributed by atoms with Crippen LogP contribution in [-0.2, 0) is 6.54 Å². The average molecular weight is 220 g/mol. The third-order valence-corrected chi connectivity index (χ3v) is 2.90. The van der Waals surface area contributed by atoms with Crippen molar-refractivity contribution in [1.82, 2.24) is 20.2 Å². The first-order chi connectivity index (χ1) is 7.66. The van der Waals surface area contributed by atoms with E-state index >= 15 is 0 Å². The van der Waals surface area contributed by atoms with Gasteiger partial charge in [-0.05, 0) is 40.4 Å². The van der Waals surface area contributed by atoms with Gasteiger partial charge in [0.05, 0.1) is 5.69 Å². The molecule has 0 aromatic carbocycles. The summed E-state index contributed by atoms with van der Waals surface area (Å²) in [5.41, 5.74) is 2.44. The topological polar surface area (TPSA) is 41.1 Å². The summed E-state index contributed by atoms with van der Waals surface area (Å²) in [4.78, 5) is 11.1. The van der Waals surface area contributed by atoms with E-state index in [2.05, 4.69) is 34.3 Å². The van der Waals surface area contributed by atoms with Gasteiger partial charge in [-0.2, -0.15) is 0 Å². The third kappa shape index (κ3) is 2.57. The summed E-state index contributed by atoms with van der Waals surface area (Å²) in [7, 11) is 4.15. The summed E-state index contributed by atoms with van der Waals surface area (Å²) in [6.07, 6.45) is 4.41. The maximum atomic E-state index is 4.61. The van der Waals surface area contributed by atoms with Gasteiger partial charge in [-0.1, -0.05) is 0 Å². The molecule has 0 bridgehead atoms. The summed E-state index contributed by atoms with van der Waals surface area (Å²) in [6.45, 7) is 3.97. The van der Waals surface area contributed by atoms with Crippen LogP contribution >= 0.6 is 0 Å². The predicted molar refractivity (Wildman–Crippen MR) is 64.1 cm³/mol. The molecule has 16 heavy (non-hydrogen) atoms. The first kappa shape index (κ1) is 11.5. The lowest BCUT2D eigenvalue weighted by Gasteiger charge is -2.17. The highest BCUT2D eigenvalue weighted by Crippen LogP contribution is 2.24. The van der Waals surface area contributed by atoms with Crippen molar-refractivity contribution in [2.45, 2.75) is 32.4 Å². The second-order valence-corrected chi connectivity index (χ2v) is 4.71. The van der Waals surface area contributed by atoms with E-state index in [4.69, 9.17) is 0 Å². The Bertz CT molecular complexity index is 356. The highest BCUT2D eigenvalue weighted by molar-refractivity contribution is 5.22. The van der Waals surface area contributed by atoms with Gasteiger partial charge in [0, 0.05) is 24.3 Å². The Labute approximate surface area is 97.1 Å². The molecule has 2 rings (SSSR count). The average Bonchev–Trinajstić information content (AvgIpc) is 2.73. The van der Waals surface area contributed by atoms with Crippen LogP contribution in [0.4, 0.5) is 0 Å². The van der Waals surface area contributed by atoms with Gasteiger partial charge in [0.15, 0.2) is 0 Å². The predicted octanol–water partition coefficient (Wildman–Crippen LogP) is 1.27. The van der Waals surface area contributed by atoms with E-state index in [1.54, 1.807) is 0 Å². The fraction of sp³-hybridized carbons (Fsp3) is 0.667. The fourth-order valence-corrected chi connectivity index (χ4v) is 2.19. The molecule has 1 fully saturated rings. The lowest BCUT2D eigenvalue weighted by molar-refractivity contribution is 0.396. The molecular weight excluding hydrogens is 200 g/mol. The van der Waals surface area contributed by atoms with E-state index < -0.39 is 0 Å². The van der Waals surface area contributed by atoms with Crippen molar-refractivity contribution in [2.75, 3.05) is 20.6 Å². The minimum Gasteiger partial charge on any atom is -0.309 e. The van der Waals surface area contributed by atoms with Gasteiger partial charge in [0.2, 0.25) is 0 Å². The standard InChI is InChI=1S/C12H20N4/c1-9-14-7-10(8-16(2)3)12(15-9)11-5-4-6-13-11/h7,11,13H,4-6,8H2,1-3H3. The molecule has 4 nitrogen and oxygen atoms in total. The van der Waals surface area contributed by atoms with Crippen LogP contribution in [-0.4, -0.2) is 35.5 Å². The zero-order valence-corrected chi connectivity index (χ0v) is 10.3. The second-order valence-electron chi connectivity index (χ2n) is 4.71. The fourth-order valence-electron chi connectivity index (χ4n) is 2.19. The lowest BCUT2D eigenvalue weighted by atomic mass is 10.1. The van der Waals surface area contributed by atoms with Crippen molar-refractivity contribution in [3.63, 3.8) is 0 Å². The molecule has 1 N–H and O–H groups in total. The molecule has 0 saturated carbocycles. The van der Waals surface area contributed by atoms with E-state index in [1.165, 1.54) is 24.1 Å². The highest BCUT2D eigenvalue weighted by Gasteiger charge is 2.21. The largest absolute Gasteiger partial charge is 0.309 e. The van der Waals surface area contributed by atoms with Crippen molar-refractivity contribution in [1.29, 1.82) is 0 Å². The van der Waals surface area contributed by atoms with Crippen LogP contribution < -0.4 is 5.32 Å². The molecule has 0 amide bonds. The Morgan fingerprint density at radius 2 is 2.31 bits per heavy atom. The van der Waals surface area contributed by atoms with Gasteiger partial charge < -0.3 is 10.2 Å². The summed E-state index contributed by atoms with van der Waals surface area (Å²) in [5, 5.41) is 3.50. The smallest absolute Gasteiger partial charge is 0.125 e. The van der Waals surface area contributed by atoms with E-state index in [-0.39, 0.29) is 0 Å². The van der Waals surface area contributed by atoms with Crippen LogP contribution in [0.1, 0.15) is 36.0 Å². The Morgan fingerprint density at radius 1 is 1.50 bits per heavy atom. The quantitative estimate of drug-likeness (QED) is 0.833. The molecular formula is C12H20N4. The summed E-state index contributed by atoms with van der Waals surface area (Å²) < 4.78 is 0. The Morgan fingerprint density at radius 3 is 2.94 bits per heavy atom. The molecule has 1 atom stereocenters. The van der Waals surface area contributed by atoms with Gasteiger partial charge in [0.1, 0.15) is 5.82 Å². The third-order valence-electron chi connectivity index (χ3n) is 2.90. The first-order valence-electron chi connectivity index (χ1n) is 5.87. The van der Waals surface area contributed by atoms with Crippen molar-refractivity contribution >= 4 is 0 Å². The van der Waals surface area contributed by atoms with Crippen molar-refractivity contribution < 1.29 is 0 Å². The lowest BCUT2D eigenvalue weighted by Crippen LogP contribution is -2.20. The summed E-state index contributed by atoms with van der Waals surface area (Å²) >= 11 is 0. The number of aromatic nitrogens is 2. The van der Waals surface area contributed by atoms with Gasteiger partial charge in [-0.3, -0.25) is 0 Å². The van der Waals surface area contributed by atoms with Gasteiger partial charge in [-0.25, -0.2) is 9.97 Å². The zero-order valence-electron chi connectivity index (χ0n) is 10.3. The van der Waals surface area contributed by atoms with Crippen LogP contribution in [0.3, 0.4) is 0 Å². The minimum atomic E-state index is 0.427. The summed E-state index contributed by atoms with van der Waals surface area (Å²) in [6, 6.07) is 0.427. The normalized spacial score (nSPS) is 20.6. The van der Waals surface area contributed by atoms with E-state index in [0.717, 1.165) is 18.9 Å². The van der Waals surface area contributed by atoms with Crippen LogP contribution in [0.2, 0.25) is 0 Å². The van der Waals surface area contributed by atoms with Crippen molar-refractivity contribution in [3.05, 3.63) is 23.3 Å². The monoisotopic (exact) mass is 220 g/mol. The molecule has 1 aromatic heterocycles.